The van der Waals surface area contributed by atoms with Crippen molar-refractivity contribution in [3.05, 3.63) is 77.9 Å². The number of methoxy groups -OCH3 is 1. The number of ether oxygens (including phenoxy) is 3. The van der Waals surface area contributed by atoms with E-state index in [4.69, 9.17) is 19.9 Å². The van der Waals surface area contributed by atoms with E-state index in [0.717, 1.165) is 16.9 Å². The van der Waals surface area contributed by atoms with E-state index < -0.39 is 12.1 Å². The summed E-state index contributed by atoms with van der Waals surface area (Å²) < 4.78 is 16.3. The van der Waals surface area contributed by atoms with E-state index in [-0.39, 0.29) is 13.2 Å². The van der Waals surface area contributed by atoms with Gasteiger partial charge in [-0.15, -0.1) is 0 Å². The van der Waals surface area contributed by atoms with E-state index >= 15 is 0 Å². The molecule has 140 valence electrons. The second kappa shape index (κ2) is 10.7. The lowest BCUT2D eigenvalue weighted by atomic mass is 10.1. The van der Waals surface area contributed by atoms with Crippen LogP contribution in [-0.4, -0.2) is 37.6 Å². The number of hydrogen-bond acceptors (Lipinski definition) is 5. The molecule has 0 heterocycles. The van der Waals surface area contributed by atoms with Crippen molar-refractivity contribution in [1.29, 1.82) is 0 Å². The van der Waals surface area contributed by atoms with Crippen LogP contribution in [0.2, 0.25) is 0 Å². The molecule has 2 rings (SSSR count). The first kappa shape index (κ1) is 20.1. The smallest absolute Gasteiger partial charge is 0.118 e. The summed E-state index contributed by atoms with van der Waals surface area (Å²) in [6, 6.07) is 16.9. The van der Waals surface area contributed by atoms with Crippen LogP contribution < -0.4 is 10.5 Å². The number of hydrogen-bond donors (Lipinski definition) is 2. The molecule has 2 aromatic rings. The highest BCUT2D eigenvalue weighted by molar-refractivity contribution is 5.26. The maximum Gasteiger partial charge on any atom is 0.118 e. The quantitative estimate of drug-likeness (QED) is 0.605. The largest absolute Gasteiger partial charge is 0.497 e. The Hall–Kier alpha value is -2.18. The Morgan fingerprint density at radius 1 is 1.00 bits per heavy atom. The van der Waals surface area contributed by atoms with Crippen LogP contribution in [0.1, 0.15) is 11.1 Å². The van der Waals surface area contributed by atoms with Gasteiger partial charge in [0, 0.05) is 0 Å². The third kappa shape index (κ3) is 6.61. The van der Waals surface area contributed by atoms with Crippen molar-refractivity contribution in [1.82, 2.24) is 0 Å². The molecule has 3 N–H and O–H groups in total. The van der Waals surface area contributed by atoms with Crippen molar-refractivity contribution >= 4 is 0 Å². The zero-order valence-corrected chi connectivity index (χ0v) is 15.1. The Kier molecular flexibility index (Phi) is 8.31. The summed E-state index contributed by atoms with van der Waals surface area (Å²) in [5.74, 6) is 0.799. The summed E-state index contributed by atoms with van der Waals surface area (Å²) in [4.78, 5) is 0. The molecule has 0 fully saturated rings. The van der Waals surface area contributed by atoms with Crippen LogP contribution in [-0.2, 0) is 22.7 Å². The minimum Gasteiger partial charge on any atom is -0.497 e. The lowest BCUT2D eigenvalue weighted by Crippen LogP contribution is -2.40. The molecular formula is C21H27NO4. The van der Waals surface area contributed by atoms with Crippen molar-refractivity contribution in [2.24, 2.45) is 5.73 Å². The predicted molar refractivity (Wildman–Crippen MR) is 102 cm³/mol. The van der Waals surface area contributed by atoms with Gasteiger partial charge in [-0.2, -0.15) is 0 Å². The molecule has 0 unspecified atom stereocenters. The van der Waals surface area contributed by atoms with Gasteiger partial charge in [-0.05, 0) is 28.8 Å². The second-order valence-corrected chi connectivity index (χ2v) is 6.11. The lowest BCUT2D eigenvalue weighted by molar-refractivity contribution is 0.0572. The first-order valence-corrected chi connectivity index (χ1v) is 8.54. The monoisotopic (exact) mass is 357 g/mol. The summed E-state index contributed by atoms with van der Waals surface area (Å²) in [5, 5.41) is 10.2. The average molecular weight is 357 g/mol. The first-order chi connectivity index (χ1) is 12.6. The fourth-order valence-corrected chi connectivity index (χ4v) is 2.39. The molecule has 0 saturated carbocycles. The van der Waals surface area contributed by atoms with Gasteiger partial charge in [-0.25, -0.2) is 0 Å². The molecule has 0 aromatic heterocycles. The molecule has 2 aromatic carbocycles. The van der Waals surface area contributed by atoms with Gasteiger partial charge in [0.25, 0.3) is 0 Å². The zero-order chi connectivity index (χ0) is 18.8. The topological polar surface area (TPSA) is 73.9 Å². The molecule has 0 amide bonds. The Morgan fingerprint density at radius 3 is 2.27 bits per heavy atom. The minimum absolute atomic E-state index is 0.227. The maximum absolute atomic E-state index is 10.2. The molecule has 5 nitrogen and oxygen atoms in total. The normalized spacial score (nSPS) is 13.2. The molecule has 0 aliphatic carbocycles. The number of rotatable bonds is 11. The van der Waals surface area contributed by atoms with Crippen molar-refractivity contribution in [2.75, 3.05) is 20.3 Å². The Bertz CT molecular complexity index is 657. The van der Waals surface area contributed by atoms with E-state index in [9.17, 15) is 5.11 Å². The van der Waals surface area contributed by atoms with Crippen LogP contribution in [0.25, 0.3) is 0 Å². The molecule has 2 atom stereocenters. The number of nitrogens with two attached hydrogens (primary N) is 1. The first-order valence-electron chi connectivity index (χ1n) is 8.54. The number of aliphatic hydroxyl groups excluding tert-OH is 1. The summed E-state index contributed by atoms with van der Waals surface area (Å²) in [7, 11) is 1.63. The van der Waals surface area contributed by atoms with Crippen molar-refractivity contribution in [3.8, 4) is 5.75 Å². The molecule has 26 heavy (non-hydrogen) atoms. The molecule has 0 saturated heterocycles. The number of aliphatic hydroxyl groups is 1. The summed E-state index contributed by atoms with van der Waals surface area (Å²) in [6.45, 7) is 5.23. The van der Waals surface area contributed by atoms with E-state index in [2.05, 4.69) is 6.58 Å². The van der Waals surface area contributed by atoms with Gasteiger partial charge >= 0.3 is 0 Å². The van der Waals surface area contributed by atoms with Crippen LogP contribution in [0.4, 0.5) is 0 Å². The van der Waals surface area contributed by atoms with Gasteiger partial charge in [-0.3, -0.25) is 0 Å². The van der Waals surface area contributed by atoms with Crippen molar-refractivity contribution in [3.63, 3.8) is 0 Å². The van der Waals surface area contributed by atoms with Gasteiger partial charge in [0.2, 0.25) is 0 Å². The summed E-state index contributed by atoms with van der Waals surface area (Å²) in [5.41, 5.74) is 8.63. The van der Waals surface area contributed by atoms with Gasteiger partial charge < -0.3 is 25.1 Å². The Labute approximate surface area is 155 Å². The van der Waals surface area contributed by atoms with Crippen LogP contribution in [0.5, 0.6) is 5.75 Å². The third-order valence-corrected chi connectivity index (χ3v) is 3.96. The van der Waals surface area contributed by atoms with Crippen LogP contribution in [0, 0.1) is 0 Å². The fraction of sp³-hybridized carbons (Fsp3) is 0.333. The maximum atomic E-state index is 10.2. The van der Waals surface area contributed by atoms with Gasteiger partial charge in [-0.1, -0.05) is 49.0 Å². The SMILES string of the molecule is C=C(COCc1ccccc1)[C@H](O)[C@@H](N)COCc1ccc(OC)cc1. The lowest BCUT2D eigenvalue weighted by Gasteiger charge is -2.21. The third-order valence-electron chi connectivity index (χ3n) is 3.96. The minimum atomic E-state index is -0.873. The molecule has 5 heteroatoms. The molecule has 0 aliphatic heterocycles. The van der Waals surface area contributed by atoms with E-state index in [1.165, 1.54) is 0 Å². The van der Waals surface area contributed by atoms with Crippen LogP contribution >= 0.6 is 0 Å². The van der Waals surface area contributed by atoms with Gasteiger partial charge in [0.15, 0.2) is 0 Å². The highest BCUT2D eigenvalue weighted by Crippen LogP contribution is 2.12. The predicted octanol–water partition coefficient (Wildman–Crippen LogP) is 2.67. The van der Waals surface area contributed by atoms with Crippen molar-refractivity contribution < 1.29 is 19.3 Å². The van der Waals surface area contributed by atoms with Gasteiger partial charge in [0.05, 0.1) is 45.7 Å². The molecule has 0 bridgehead atoms. The van der Waals surface area contributed by atoms with E-state index in [1.54, 1.807) is 7.11 Å². The van der Waals surface area contributed by atoms with Gasteiger partial charge in [0.1, 0.15) is 5.75 Å². The average Bonchev–Trinajstić information content (AvgIpc) is 2.68. The van der Waals surface area contributed by atoms with Crippen LogP contribution in [0.3, 0.4) is 0 Å². The fourth-order valence-electron chi connectivity index (χ4n) is 2.39. The highest BCUT2D eigenvalue weighted by atomic mass is 16.5. The molecular weight excluding hydrogens is 330 g/mol. The van der Waals surface area contributed by atoms with E-state index in [0.29, 0.717) is 18.8 Å². The standard InChI is InChI=1S/C21H27NO4/c1-16(12-25-13-17-6-4-3-5-7-17)21(23)20(22)15-26-14-18-8-10-19(24-2)11-9-18/h3-11,20-21,23H,1,12-15,22H2,2H3/t20-,21-/m0/s1. The summed E-state index contributed by atoms with van der Waals surface area (Å²) >= 11 is 0. The summed E-state index contributed by atoms with van der Waals surface area (Å²) in [6.07, 6.45) is -0.873. The van der Waals surface area contributed by atoms with E-state index in [1.807, 2.05) is 54.6 Å². The second-order valence-electron chi connectivity index (χ2n) is 6.11. The molecule has 0 radical (unpaired) electrons. The molecule has 0 spiro atoms. The highest BCUT2D eigenvalue weighted by Gasteiger charge is 2.18. The van der Waals surface area contributed by atoms with Crippen molar-refractivity contribution in [2.45, 2.75) is 25.4 Å². The van der Waals surface area contributed by atoms with Crippen LogP contribution in [0.15, 0.2) is 66.7 Å². The number of benzene rings is 2. The Balaban J connectivity index is 1.66. The zero-order valence-electron chi connectivity index (χ0n) is 15.1. The molecule has 0 aliphatic rings. The Morgan fingerprint density at radius 2 is 1.62 bits per heavy atom.